The number of hydrogen-bond acceptors (Lipinski definition) is 3. The van der Waals surface area contributed by atoms with Crippen LogP contribution in [0.4, 0.5) is 5.69 Å². The van der Waals surface area contributed by atoms with E-state index in [0.29, 0.717) is 5.25 Å². The molecule has 1 unspecified atom stereocenters. The van der Waals surface area contributed by atoms with Crippen LogP contribution >= 0.6 is 39.0 Å². The number of rotatable bonds is 9. The van der Waals surface area contributed by atoms with E-state index in [4.69, 9.17) is 23.6 Å². The maximum absolute atomic E-state index is 6.51. The molecule has 0 spiro atoms. The van der Waals surface area contributed by atoms with Crippen LogP contribution < -0.4 is 15.5 Å². The Kier molecular flexibility index (Phi) is 13.2. The van der Waals surface area contributed by atoms with Gasteiger partial charge in [0, 0.05) is 35.6 Å². The van der Waals surface area contributed by atoms with Crippen LogP contribution in [0.15, 0.2) is 84.9 Å². The molecule has 2 nitrogen and oxygen atoms in total. The Morgan fingerprint density at radius 2 is 1.35 bits per heavy atom. The summed E-state index contributed by atoms with van der Waals surface area (Å²) in [6.07, 6.45) is 3.18. The number of nitrogens with zero attached hydrogens (tertiary/aromatic N) is 1. The Bertz CT molecular complexity index is 834. The molecule has 3 rings (SSSR count). The Hall–Kier alpha value is -0.558. The molecule has 0 radical (unpaired) electrons. The van der Waals surface area contributed by atoms with Gasteiger partial charge < -0.3 is 9.42 Å². The molecular weight excluding hydrogens is 559 g/mol. The summed E-state index contributed by atoms with van der Waals surface area (Å²) in [6, 6.07) is 29.9. The van der Waals surface area contributed by atoms with Gasteiger partial charge in [-0.05, 0) is 24.3 Å². The zero-order valence-corrected chi connectivity index (χ0v) is 22.6. The van der Waals surface area contributed by atoms with E-state index in [2.05, 4.69) is 110 Å². The number of hydrogen-bond donors (Lipinski definition) is 0. The van der Waals surface area contributed by atoms with Gasteiger partial charge in [0.25, 0.3) is 0 Å². The molecule has 0 aliphatic carbocycles. The first kappa shape index (κ1) is 26.7. The van der Waals surface area contributed by atoms with Gasteiger partial charge in [-0.2, -0.15) is 11.8 Å². The summed E-state index contributed by atoms with van der Waals surface area (Å²) >= 11 is 1.79. The predicted octanol–water partition coefficient (Wildman–Crippen LogP) is 6.99. The molecule has 0 saturated heterocycles. The van der Waals surface area contributed by atoms with E-state index in [9.17, 15) is 0 Å². The van der Waals surface area contributed by atoms with Crippen molar-refractivity contribution in [2.75, 3.05) is 31.9 Å². The summed E-state index contributed by atoms with van der Waals surface area (Å²) < 4.78 is 6.51. The van der Waals surface area contributed by atoms with E-state index >= 15 is 0 Å². The molecule has 0 aliphatic heterocycles. The third-order valence-corrected chi connectivity index (χ3v) is 7.67. The van der Waals surface area contributed by atoms with Crippen molar-refractivity contribution in [1.82, 2.24) is 0 Å². The fourth-order valence-electron chi connectivity index (χ4n) is 3.24. The van der Waals surface area contributed by atoms with Gasteiger partial charge in [0.05, 0.1) is 14.8 Å². The fourth-order valence-corrected chi connectivity index (χ4v) is 5.80. The molecule has 0 aliphatic rings. The third kappa shape index (κ3) is 8.71. The van der Waals surface area contributed by atoms with Gasteiger partial charge in [0.2, 0.25) is 0 Å². The van der Waals surface area contributed by atoms with Gasteiger partial charge in [-0.3, -0.25) is 0 Å². The molecule has 1 atom stereocenters. The van der Waals surface area contributed by atoms with Crippen molar-refractivity contribution < 1.29 is 20.5 Å². The van der Waals surface area contributed by atoms with Gasteiger partial charge in [0.15, 0.2) is 0 Å². The van der Waals surface area contributed by atoms with Gasteiger partial charge in [-0.25, -0.2) is 0 Å². The summed E-state index contributed by atoms with van der Waals surface area (Å²) in [5, 5.41) is 2.94. The Balaban J connectivity index is 0.00000107. The van der Waals surface area contributed by atoms with Crippen molar-refractivity contribution >= 4 is 55.3 Å². The van der Waals surface area contributed by atoms with Crippen LogP contribution in [0, 0.1) is 0 Å². The van der Waals surface area contributed by atoms with Gasteiger partial charge in [0.1, 0.15) is 0 Å². The molecule has 0 N–H and O–H groups in total. The van der Waals surface area contributed by atoms with Crippen LogP contribution in [-0.2, 0) is 20.5 Å². The topological polar surface area (TPSA) is 12.5 Å². The maximum atomic E-state index is 6.51. The van der Waals surface area contributed by atoms with Crippen molar-refractivity contribution in [3.05, 3.63) is 90.5 Å². The molecule has 170 valence electrons. The Labute approximate surface area is 208 Å². The molecule has 3 aromatic carbocycles. The standard InChI is InChI=1S/C24H28NOPS.2ClH.Pd/c1-25(2)23-17-11-10-16-22(23)24(28-3)18-19-26-27(20-12-6-4-7-13-20)21-14-8-5-9-15-21;;;/h4-17,24H,18-19H2,1-3H3;2*1H;/q;;;+2/p-2. The molecule has 0 saturated carbocycles. The van der Waals surface area contributed by atoms with Crippen molar-refractivity contribution in [3.63, 3.8) is 0 Å². The third-order valence-electron chi connectivity index (χ3n) is 4.63. The second-order valence-corrected chi connectivity index (χ2v) is 12.1. The fraction of sp³-hybridized carbons (Fsp3) is 0.250. The second kappa shape index (κ2) is 15.3. The quantitative estimate of drug-likeness (QED) is 0.198. The van der Waals surface area contributed by atoms with Gasteiger partial charge in [-0.15, -0.1) is 0 Å². The minimum absolute atomic E-state index is 0.106. The van der Waals surface area contributed by atoms with E-state index < -0.39 is 8.15 Å². The van der Waals surface area contributed by atoms with Crippen LogP contribution in [0.3, 0.4) is 0 Å². The van der Waals surface area contributed by atoms with Crippen LogP contribution in [0.2, 0.25) is 0 Å². The zero-order chi connectivity index (χ0) is 22.5. The normalized spacial score (nSPS) is 11.7. The van der Waals surface area contributed by atoms with Crippen molar-refractivity contribution in [2.24, 2.45) is 0 Å². The van der Waals surface area contributed by atoms with Crippen LogP contribution in [0.5, 0.6) is 0 Å². The number of para-hydroxylation sites is 1. The molecule has 0 fully saturated rings. The van der Waals surface area contributed by atoms with Crippen molar-refractivity contribution in [1.29, 1.82) is 0 Å². The van der Waals surface area contributed by atoms with Crippen LogP contribution in [0.25, 0.3) is 0 Å². The summed E-state index contributed by atoms with van der Waals surface area (Å²) in [7, 11) is 13.0. The molecular formula is C24H28Cl2NOPPdS. The summed E-state index contributed by atoms with van der Waals surface area (Å²) in [5.74, 6) is 0. The van der Waals surface area contributed by atoms with Crippen LogP contribution in [0.1, 0.15) is 17.2 Å². The first-order chi connectivity index (χ1) is 15.1. The number of halogens is 2. The average Bonchev–Trinajstić information content (AvgIpc) is 2.81. The van der Waals surface area contributed by atoms with Crippen molar-refractivity contribution in [2.45, 2.75) is 11.7 Å². The number of thioether (sulfide) groups is 1. The predicted molar refractivity (Wildman–Crippen MR) is 138 cm³/mol. The Morgan fingerprint density at radius 3 is 1.84 bits per heavy atom. The molecule has 0 aromatic heterocycles. The first-order valence-electron chi connectivity index (χ1n) is 9.77. The second-order valence-electron chi connectivity index (χ2n) is 6.81. The summed E-state index contributed by atoms with van der Waals surface area (Å²) in [4.78, 5) is 2.19. The summed E-state index contributed by atoms with van der Waals surface area (Å²) in [6.45, 7) is 0.739. The van der Waals surface area contributed by atoms with Gasteiger partial charge >= 0.3 is 35.0 Å². The summed E-state index contributed by atoms with van der Waals surface area (Å²) in [5.41, 5.74) is 2.67. The van der Waals surface area contributed by atoms with E-state index in [-0.39, 0.29) is 15.9 Å². The Morgan fingerprint density at radius 1 is 0.871 bits per heavy atom. The number of benzene rings is 3. The SMILES string of the molecule is CSC(CCOP(c1ccccc1)c1ccccc1)c1ccccc1N(C)C.[Cl][Pd][Cl]. The number of anilines is 1. The zero-order valence-electron chi connectivity index (χ0n) is 17.9. The first-order valence-corrected chi connectivity index (χ1v) is 16.3. The molecule has 0 amide bonds. The monoisotopic (exact) mass is 585 g/mol. The molecule has 0 bridgehead atoms. The van der Waals surface area contributed by atoms with Crippen molar-refractivity contribution in [3.8, 4) is 0 Å². The molecule has 0 heterocycles. The van der Waals surface area contributed by atoms with Crippen LogP contribution in [-0.4, -0.2) is 27.0 Å². The van der Waals surface area contributed by atoms with E-state index in [0.717, 1.165) is 13.0 Å². The van der Waals surface area contributed by atoms with E-state index in [1.54, 1.807) is 0 Å². The molecule has 7 heteroatoms. The van der Waals surface area contributed by atoms with E-state index in [1.165, 1.54) is 21.9 Å². The minimum atomic E-state index is -0.795. The average molecular weight is 587 g/mol. The molecule has 3 aromatic rings. The van der Waals surface area contributed by atoms with Gasteiger partial charge in [-0.1, -0.05) is 78.9 Å². The van der Waals surface area contributed by atoms with E-state index in [1.807, 2.05) is 11.8 Å². The molecule has 31 heavy (non-hydrogen) atoms.